The number of hydrogen-bond donors (Lipinski definition) is 1. The highest BCUT2D eigenvalue weighted by molar-refractivity contribution is 6.33. The van der Waals surface area contributed by atoms with E-state index in [1.54, 1.807) is 12.1 Å². The zero-order valence-electron chi connectivity index (χ0n) is 11.9. The first kappa shape index (κ1) is 14.0. The van der Waals surface area contributed by atoms with E-state index < -0.39 is 0 Å². The lowest BCUT2D eigenvalue weighted by Crippen LogP contribution is -2.34. The molecule has 0 atom stereocenters. The van der Waals surface area contributed by atoms with Crippen molar-refractivity contribution in [3.8, 4) is 6.07 Å². The second kappa shape index (κ2) is 5.79. The van der Waals surface area contributed by atoms with Crippen molar-refractivity contribution >= 4 is 17.3 Å². The van der Waals surface area contributed by atoms with Gasteiger partial charge in [0.2, 0.25) is 0 Å². The summed E-state index contributed by atoms with van der Waals surface area (Å²) in [4.78, 5) is 0. The molecule has 1 aliphatic rings. The van der Waals surface area contributed by atoms with Gasteiger partial charge in [-0.15, -0.1) is 0 Å². The molecule has 0 heterocycles. The van der Waals surface area contributed by atoms with Gasteiger partial charge in [0.25, 0.3) is 0 Å². The zero-order chi connectivity index (χ0) is 14.8. The van der Waals surface area contributed by atoms with Crippen molar-refractivity contribution < 1.29 is 0 Å². The summed E-state index contributed by atoms with van der Waals surface area (Å²) in [6.07, 6.45) is 2.22. The first-order valence-corrected chi connectivity index (χ1v) is 7.57. The van der Waals surface area contributed by atoms with Crippen molar-refractivity contribution in [3.63, 3.8) is 0 Å². The van der Waals surface area contributed by atoms with Crippen LogP contribution in [0.3, 0.4) is 0 Å². The van der Waals surface area contributed by atoms with Crippen LogP contribution in [-0.2, 0) is 0 Å². The molecule has 1 fully saturated rings. The van der Waals surface area contributed by atoms with Crippen LogP contribution in [0.2, 0.25) is 5.02 Å². The third-order valence-corrected chi connectivity index (χ3v) is 4.55. The SMILES string of the molecule is Cc1ccccc1C1CC(Nc2cc(C#N)ccc2Cl)C1. The van der Waals surface area contributed by atoms with E-state index in [0.717, 1.165) is 18.5 Å². The standard InChI is InChI=1S/C18H17ClN2/c1-12-4-2-3-5-16(12)14-9-15(10-14)21-18-8-13(11-20)6-7-17(18)19/h2-8,14-15,21H,9-10H2,1H3. The number of hydrogen-bond acceptors (Lipinski definition) is 2. The quantitative estimate of drug-likeness (QED) is 0.876. The number of rotatable bonds is 3. The van der Waals surface area contributed by atoms with Gasteiger partial charge in [0.15, 0.2) is 0 Å². The molecule has 0 saturated heterocycles. The molecule has 106 valence electrons. The lowest BCUT2D eigenvalue weighted by Gasteiger charge is -2.37. The Balaban J connectivity index is 1.66. The maximum atomic E-state index is 8.96. The van der Waals surface area contributed by atoms with Crippen molar-refractivity contribution in [1.82, 2.24) is 0 Å². The number of aryl methyl sites for hydroxylation is 1. The van der Waals surface area contributed by atoms with Crippen LogP contribution in [0.25, 0.3) is 0 Å². The minimum atomic E-state index is 0.432. The van der Waals surface area contributed by atoms with E-state index in [4.69, 9.17) is 16.9 Å². The Labute approximate surface area is 130 Å². The smallest absolute Gasteiger partial charge is 0.0992 e. The molecule has 0 spiro atoms. The van der Waals surface area contributed by atoms with Gasteiger partial charge < -0.3 is 5.32 Å². The molecule has 0 radical (unpaired) electrons. The Kier molecular flexibility index (Phi) is 3.86. The fourth-order valence-electron chi connectivity index (χ4n) is 2.96. The Hall–Kier alpha value is -1.98. The average molecular weight is 297 g/mol. The number of nitrogens with one attached hydrogen (secondary N) is 1. The van der Waals surface area contributed by atoms with Crippen molar-refractivity contribution in [2.75, 3.05) is 5.32 Å². The summed E-state index contributed by atoms with van der Waals surface area (Å²) >= 11 is 6.19. The second-order valence-corrected chi connectivity index (χ2v) is 6.08. The van der Waals surface area contributed by atoms with Gasteiger partial charge in [-0.25, -0.2) is 0 Å². The van der Waals surface area contributed by atoms with Crippen LogP contribution in [0, 0.1) is 18.3 Å². The molecule has 0 aromatic heterocycles. The van der Waals surface area contributed by atoms with E-state index in [9.17, 15) is 0 Å². The average Bonchev–Trinajstić information content (AvgIpc) is 2.45. The Morgan fingerprint density at radius 2 is 1.95 bits per heavy atom. The van der Waals surface area contributed by atoms with Crippen molar-refractivity contribution in [3.05, 3.63) is 64.2 Å². The van der Waals surface area contributed by atoms with E-state index in [1.807, 2.05) is 6.07 Å². The normalized spacial score (nSPS) is 20.4. The van der Waals surface area contributed by atoms with Crippen molar-refractivity contribution in [2.24, 2.45) is 0 Å². The molecule has 3 heteroatoms. The van der Waals surface area contributed by atoms with E-state index in [-0.39, 0.29) is 0 Å². The van der Waals surface area contributed by atoms with Gasteiger partial charge in [0.05, 0.1) is 22.3 Å². The van der Waals surface area contributed by atoms with Gasteiger partial charge in [-0.1, -0.05) is 35.9 Å². The molecule has 0 aliphatic heterocycles. The molecule has 1 aliphatic carbocycles. The van der Waals surface area contributed by atoms with Crippen LogP contribution < -0.4 is 5.32 Å². The monoisotopic (exact) mass is 296 g/mol. The lowest BCUT2D eigenvalue weighted by molar-refractivity contribution is 0.373. The number of halogens is 1. The first-order chi connectivity index (χ1) is 10.2. The van der Waals surface area contributed by atoms with Crippen LogP contribution in [0.15, 0.2) is 42.5 Å². The van der Waals surface area contributed by atoms with E-state index in [0.29, 0.717) is 22.5 Å². The van der Waals surface area contributed by atoms with Crippen molar-refractivity contribution in [2.45, 2.75) is 31.7 Å². The van der Waals surface area contributed by atoms with Crippen LogP contribution in [-0.4, -0.2) is 6.04 Å². The molecule has 0 bridgehead atoms. The number of benzene rings is 2. The van der Waals surface area contributed by atoms with Crippen LogP contribution in [0.4, 0.5) is 5.69 Å². The third-order valence-electron chi connectivity index (χ3n) is 4.22. The summed E-state index contributed by atoms with van der Waals surface area (Å²) in [6, 6.07) is 16.5. The highest BCUT2D eigenvalue weighted by Crippen LogP contribution is 2.40. The zero-order valence-corrected chi connectivity index (χ0v) is 12.7. The molecule has 3 rings (SSSR count). The third kappa shape index (κ3) is 2.89. The van der Waals surface area contributed by atoms with Gasteiger partial charge >= 0.3 is 0 Å². The van der Waals surface area contributed by atoms with Crippen molar-refractivity contribution in [1.29, 1.82) is 5.26 Å². The fraction of sp³-hybridized carbons (Fsp3) is 0.278. The molecular formula is C18H17ClN2. The van der Waals surface area contributed by atoms with E-state index in [2.05, 4.69) is 42.6 Å². The lowest BCUT2D eigenvalue weighted by atomic mass is 9.74. The molecule has 21 heavy (non-hydrogen) atoms. The minimum Gasteiger partial charge on any atom is -0.381 e. The molecule has 1 N–H and O–H groups in total. The summed E-state index contributed by atoms with van der Waals surface area (Å²) in [5, 5.41) is 13.1. The molecule has 0 amide bonds. The highest BCUT2D eigenvalue weighted by atomic mass is 35.5. The predicted octanol–water partition coefficient (Wildman–Crippen LogP) is 4.88. The summed E-state index contributed by atoms with van der Waals surface area (Å²) < 4.78 is 0. The van der Waals surface area contributed by atoms with Crippen LogP contribution in [0.5, 0.6) is 0 Å². The minimum absolute atomic E-state index is 0.432. The molecular weight excluding hydrogens is 280 g/mol. The predicted molar refractivity (Wildman–Crippen MR) is 86.7 cm³/mol. The number of anilines is 1. The molecule has 2 nitrogen and oxygen atoms in total. The van der Waals surface area contributed by atoms with E-state index in [1.165, 1.54) is 11.1 Å². The van der Waals surface area contributed by atoms with Gasteiger partial charge in [-0.2, -0.15) is 5.26 Å². The Bertz CT molecular complexity index is 697. The maximum Gasteiger partial charge on any atom is 0.0992 e. The molecule has 2 aromatic carbocycles. The molecule has 1 saturated carbocycles. The maximum absolute atomic E-state index is 8.96. The number of nitrogens with zero attached hydrogens (tertiary/aromatic N) is 1. The Morgan fingerprint density at radius 3 is 2.67 bits per heavy atom. The molecule has 2 aromatic rings. The van der Waals surface area contributed by atoms with Gasteiger partial charge in [-0.05, 0) is 55.0 Å². The summed E-state index contributed by atoms with van der Waals surface area (Å²) in [7, 11) is 0. The Morgan fingerprint density at radius 1 is 1.19 bits per heavy atom. The summed E-state index contributed by atoms with van der Waals surface area (Å²) in [5.74, 6) is 0.627. The highest BCUT2D eigenvalue weighted by Gasteiger charge is 2.31. The van der Waals surface area contributed by atoms with Crippen LogP contribution in [0.1, 0.15) is 35.4 Å². The van der Waals surface area contributed by atoms with Gasteiger partial charge in [0, 0.05) is 6.04 Å². The van der Waals surface area contributed by atoms with Gasteiger partial charge in [0.1, 0.15) is 0 Å². The van der Waals surface area contributed by atoms with Crippen LogP contribution >= 0.6 is 11.6 Å². The summed E-state index contributed by atoms with van der Waals surface area (Å²) in [5.41, 5.74) is 4.32. The largest absolute Gasteiger partial charge is 0.381 e. The summed E-state index contributed by atoms with van der Waals surface area (Å²) in [6.45, 7) is 2.17. The topological polar surface area (TPSA) is 35.8 Å². The fourth-order valence-corrected chi connectivity index (χ4v) is 3.13. The first-order valence-electron chi connectivity index (χ1n) is 7.19. The van der Waals surface area contributed by atoms with Gasteiger partial charge in [-0.3, -0.25) is 0 Å². The molecule has 0 unspecified atom stereocenters. The number of nitriles is 1. The van der Waals surface area contributed by atoms with E-state index >= 15 is 0 Å². The second-order valence-electron chi connectivity index (χ2n) is 5.67.